The number of aromatic nitrogens is 1. The molecule has 1 aliphatic heterocycles. The molecule has 0 aliphatic carbocycles. The van der Waals surface area contributed by atoms with Crippen LogP contribution < -0.4 is 10.4 Å². The minimum atomic E-state index is -3.13. The Morgan fingerprint density at radius 3 is 1.93 bits per heavy atom. The minimum Gasteiger partial charge on any atom is -0.358 e. The van der Waals surface area contributed by atoms with Crippen molar-refractivity contribution in [1.29, 1.82) is 0 Å². The van der Waals surface area contributed by atoms with Gasteiger partial charge in [-0.1, -0.05) is 110 Å². The molecular weight excluding hydrogens is 715 g/mol. The molecule has 0 radical (unpaired) electrons. The smallest absolute Gasteiger partial charge is 0.260 e. The van der Waals surface area contributed by atoms with E-state index in [1.54, 1.807) is 4.90 Å². The molecule has 46 heavy (non-hydrogen) atoms. The lowest BCUT2D eigenvalue weighted by atomic mass is 9.86. The summed E-state index contributed by atoms with van der Waals surface area (Å²) in [6.45, 7) is 7.77. The van der Waals surface area contributed by atoms with E-state index in [4.69, 9.17) is 0 Å². The summed E-state index contributed by atoms with van der Waals surface area (Å²) in [5, 5.41) is 2.78. The molecule has 2 unspecified atom stereocenters. The van der Waals surface area contributed by atoms with Gasteiger partial charge in [0.2, 0.25) is 0 Å². The topological polar surface area (TPSA) is 19.0 Å². The van der Waals surface area contributed by atoms with Gasteiger partial charge >= 0.3 is 0 Å². The van der Waals surface area contributed by atoms with Crippen LogP contribution in [0.1, 0.15) is 57.0 Å². The summed E-state index contributed by atoms with van der Waals surface area (Å²) in [5.74, 6) is -4.57. The maximum atomic E-state index is 16.7. The van der Waals surface area contributed by atoms with Crippen LogP contribution in [-0.4, -0.2) is 36.5 Å². The molecule has 0 saturated carbocycles. The van der Waals surface area contributed by atoms with E-state index in [0.29, 0.717) is 21.6 Å². The Kier molecular flexibility index (Phi) is 9.01. The SMILES string of the molecule is CC1Cc2[nH]c3ccccc3c2C(c2c(F)cc(I)cc2F)N1CC(F)(F)CC[Si](c1ccccc1)(c1ccccc1)C(C)(C)C. The van der Waals surface area contributed by atoms with Gasteiger partial charge < -0.3 is 4.98 Å². The van der Waals surface area contributed by atoms with Crippen LogP contribution in [0.25, 0.3) is 10.9 Å². The van der Waals surface area contributed by atoms with Crippen LogP contribution >= 0.6 is 22.6 Å². The third-order valence-electron chi connectivity index (χ3n) is 9.91. The molecule has 1 aromatic heterocycles. The first-order valence-electron chi connectivity index (χ1n) is 15.8. The van der Waals surface area contributed by atoms with Gasteiger partial charge in [0.1, 0.15) is 19.7 Å². The first-order valence-corrected chi connectivity index (χ1v) is 19.1. The number of fused-ring (bicyclic) bond motifs is 3. The molecule has 4 aromatic carbocycles. The van der Waals surface area contributed by atoms with Crippen molar-refractivity contribution >= 4 is 51.9 Å². The van der Waals surface area contributed by atoms with Gasteiger partial charge in [-0.2, -0.15) is 0 Å². The van der Waals surface area contributed by atoms with Crippen molar-refractivity contribution in [3.8, 4) is 0 Å². The van der Waals surface area contributed by atoms with Gasteiger partial charge in [0.05, 0.1) is 12.6 Å². The molecule has 0 bridgehead atoms. The lowest BCUT2D eigenvalue weighted by molar-refractivity contribution is -0.0549. The van der Waals surface area contributed by atoms with E-state index in [1.165, 1.54) is 12.1 Å². The lowest BCUT2D eigenvalue weighted by Crippen LogP contribution is -2.64. The fourth-order valence-corrected chi connectivity index (χ4v) is 14.0. The quantitative estimate of drug-likeness (QED) is 0.0951. The minimum absolute atomic E-state index is 0.180. The molecule has 1 aliphatic rings. The first-order chi connectivity index (χ1) is 21.8. The summed E-state index contributed by atoms with van der Waals surface area (Å²) in [7, 11) is -2.75. The van der Waals surface area contributed by atoms with Crippen molar-refractivity contribution in [2.24, 2.45) is 0 Å². The summed E-state index contributed by atoms with van der Waals surface area (Å²) in [4.78, 5) is 5.06. The third-order valence-corrected chi connectivity index (χ3v) is 16.7. The van der Waals surface area contributed by atoms with Crippen molar-refractivity contribution in [2.75, 3.05) is 6.54 Å². The maximum Gasteiger partial charge on any atom is 0.260 e. The molecule has 0 amide bonds. The Morgan fingerprint density at radius 1 is 0.826 bits per heavy atom. The molecule has 0 spiro atoms. The van der Waals surface area contributed by atoms with E-state index in [-0.39, 0.29) is 23.1 Å². The van der Waals surface area contributed by atoms with Crippen molar-refractivity contribution in [1.82, 2.24) is 9.88 Å². The average molecular weight is 755 g/mol. The maximum absolute atomic E-state index is 16.7. The van der Waals surface area contributed by atoms with E-state index in [0.717, 1.165) is 27.0 Å². The van der Waals surface area contributed by atoms with Gasteiger partial charge in [-0.15, -0.1) is 0 Å². The highest BCUT2D eigenvalue weighted by atomic mass is 127. The normalized spacial score (nSPS) is 17.8. The number of halogens is 5. The number of nitrogens with zero attached hydrogens (tertiary/aromatic N) is 1. The Balaban J connectivity index is 1.42. The molecule has 6 rings (SSSR count). The van der Waals surface area contributed by atoms with Crippen LogP contribution in [0.5, 0.6) is 0 Å². The number of alkyl halides is 2. The molecule has 2 heterocycles. The lowest BCUT2D eigenvalue weighted by Gasteiger charge is -2.46. The van der Waals surface area contributed by atoms with Gasteiger partial charge in [0, 0.05) is 50.2 Å². The average Bonchev–Trinajstić information content (AvgIpc) is 3.36. The number of rotatable bonds is 8. The Hall–Kier alpha value is -2.95. The fraction of sp³-hybridized carbons (Fsp3) is 0.316. The summed E-state index contributed by atoms with van der Waals surface area (Å²) in [6, 6.07) is 29.3. The molecule has 2 nitrogen and oxygen atoms in total. The van der Waals surface area contributed by atoms with Crippen LogP contribution in [0.3, 0.4) is 0 Å². The number of para-hydroxylation sites is 1. The van der Waals surface area contributed by atoms with Gasteiger partial charge in [0.25, 0.3) is 5.92 Å². The molecule has 240 valence electrons. The van der Waals surface area contributed by atoms with Crippen LogP contribution in [-0.2, 0) is 6.42 Å². The summed E-state index contributed by atoms with van der Waals surface area (Å²) in [6.07, 6.45) is 0.132. The predicted octanol–water partition coefficient (Wildman–Crippen LogP) is 9.48. The van der Waals surface area contributed by atoms with E-state index in [1.807, 2.05) is 90.2 Å². The zero-order chi connectivity index (χ0) is 32.9. The highest BCUT2D eigenvalue weighted by Gasteiger charge is 2.50. The number of nitrogens with one attached hydrogen (secondary N) is 1. The second-order valence-electron chi connectivity index (χ2n) is 13.7. The highest BCUT2D eigenvalue weighted by molar-refractivity contribution is 14.1. The van der Waals surface area contributed by atoms with Crippen molar-refractivity contribution in [3.63, 3.8) is 0 Å². The van der Waals surface area contributed by atoms with E-state index in [2.05, 4.69) is 50.0 Å². The van der Waals surface area contributed by atoms with E-state index in [9.17, 15) is 0 Å². The molecule has 1 N–H and O–H groups in total. The Bertz CT molecular complexity index is 1770. The standard InChI is InChI=1S/C38H39F4IN2Si/c1-25-21-33-34(29-17-11-12-18-32(29)44-33)36(35-30(39)22-26(43)23-31(35)40)45(25)24-38(41,42)19-20-46(37(2,3)4,27-13-7-5-8-14-27)28-15-9-6-10-16-28/h5-18,22-23,25,36,44H,19-21,24H2,1-4H3. The van der Waals surface area contributed by atoms with Gasteiger partial charge in [-0.3, -0.25) is 4.90 Å². The fourth-order valence-electron chi connectivity index (χ4n) is 7.76. The molecule has 2 atom stereocenters. The predicted molar refractivity (Wildman–Crippen MR) is 191 cm³/mol. The van der Waals surface area contributed by atoms with Crippen LogP contribution in [0.2, 0.25) is 11.1 Å². The number of hydrogen-bond acceptors (Lipinski definition) is 1. The second-order valence-corrected chi connectivity index (χ2v) is 19.9. The highest BCUT2D eigenvalue weighted by Crippen LogP contribution is 2.46. The largest absolute Gasteiger partial charge is 0.358 e. The van der Waals surface area contributed by atoms with Crippen LogP contribution in [0.4, 0.5) is 17.6 Å². The van der Waals surface area contributed by atoms with Gasteiger partial charge in [0.15, 0.2) is 0 Å². The van der Waals surface area contributed by atoms with Crippen LogP contribution in [0, 0.1) is 15.2 Å². The number of aromatic amines is 1. The van der Waals surface area contributed by atoms with Gasteiger partial charge in [-0.05, 0) is 58.8 Å². The molecule has 5 aromatic rings. The van der Waals surface area contributed by atoms with Gasteiger partial charge in [-0.25, -0.2) is 17.6 Å². The Labute approximate surface area is 283 Å². The van der Waals surface area contributed by atoms with Crippen molar-refractivity contribution in [2.45, 2.75) is 69.6 Å². The molecular formula is C38H39F4IN2Si. The van der Waals surface area contributed by atoms with Crippen LogP contribution in [0.15, 0.2) is 97.1 Å². The van der Waals surface area contributed by atoms with E-state index < -0.39 is 38.2 Å². The second kappa shape index (κ2) is 12.6. The summed E-state index contributed by atoms with van der Waals surface area (Å²) < 4.78 is 65.3. The first kappa shape index (κ1) is 33.0. The van der Waals surface area contributed by atoms with E-state index >= 15 is 17.6 Å². The number of hydrogen-bond donors (Lipinski definition) is 1. The Morgan fingerprint density at radius 2 is 1.37 bits per heavy atom. The summed E-state index contributed by atoms with van der Waals surface area (Å²) >= 11 is 1.88. The summed E-state index contributed by atoms with van der Waals surface area (Å²) in [5.41, 5.74) is 2.16. The number of benzene rings is 4. The zero-order valence-electron chi connectivity index (χ0n) is 26.6. The molecule has 0 fully saturated rings. The molecule has 0 saturated heterocycles. The third kappa shape index (κ3) is 5.97. The molecule has 8 heteroatoms. The van der Waals surface area contributed by atoms with Crippen molar-refractivity contribution in [3.05, 3.63) is 129 Å². The van der Waals surface area contributed by atoms with Crippen molar-refractivity contribution < 1.29 is 17.6 Å². The monoisotopic (exact) mass is 754 g/mol. The number of H-pyrrole nitrogens is 1. The zero-order valence-corrected chi connectivity index (χ0v) is 29.7.